The summed E-state index contributed by atoms with van der Waals surface area (Å²) in [6.07, 6.45) is 0.731. The SMILES string of the molecule is O=S(=O)(Cc1ccccc1Cl)N1CCc2cc(N3CCOCC3)ccc21. The molecule has 0 aromatic heterocycles. The van der Waals surface area contributed by atoms with Crippen molar-refractivity contribution in [2.75, 3.05) is 42.1 Å². The molecule has 0 amide bonds. The number of fused-ring (bicyclic) bond motifs is 1. The van der Waals surface area contributed by atoms with Crippen LogP contribution in [0.5, 0.6) is 0 Å². The van der Waals surface area contributed by atoms with E-state index in [4.69, 9.17) is 16.3 Å². The normalized spacial score (nSPS) is 17.4. The van der Waals surface area contributed by atoms with Crippen molar-refractivity contribution in [1.29, 1.82) is 0 Å². The predicted octanol–water partition coefficient (Wildman–Crippen LogP) is 3.07. The zero-order valence-electron chi connectivity index (χ0n) is 14.4. The molecule has 0 spiro atoms. The summed E-state index contributed by atoms with van der Waals surface area (Å²) in [5.74, 6) is -0.0860. The van der Waals surface area contributed by atoms with Gasteiger partial charge in [-0.05, 0) is 41.8 Å². The number of hydrogen-bond acceptors (Lipinski definition) is 4. The molecule has 0 atom stereocenters. The van der Waals surface area contributed by atoms with Gasteiger partial charge in [-0.25, -0.2) is 8.42 Å². The molecular weight excluding hydrogens is 372 g/mol. The minimum Gasteiger partial charge on any atom is -0.378 e. The van der Waals surface area contributed by atoms with Gasteiger partial charge < -0.3 is 9.64 Å². The third-order valence-corrected chi connectivity index (χ3v) is 7.02. The standard InChI is InChI=1S/C19H21ClN2O3S/c20-18-4-2-1-3-16(18)14-26(23,24)22-8-7-15-13-17(5-6-19(15)22)21-9-11-25-12-10-21/h1-6,13H,7-12,14H2. The first-order valence-corrected chi connectivity index (χ1v) is 10.7. The van der Waals surface area contributed by atoms with Crippen LogP contribution in [0.2, 0.25) is 5.02 Å². The first kappa shape index (κ1) is 17.6. The molecule has 138 valence electrons. The minimum atomic E-state index is -3.47. The summed E-state index contributed by atoms with van der Waals surface area (Å²) in [5.41, 5.74) is 3.63. The highest BCUT2D eigenvalue weighted by atomic mass is 35.5. The summed E-state index contributed by atoms with van der Waals surface area (Å²) in [4.78, 5) is 2.28. The van der Waals surface area contributed by atoms with Crippen LogP contribution in [0.25, 0.3) is 0 Å². The van der Waals surface area contributed by atoms with E-state index in [1.54, 1.807) is 18.2 Å². The lowest BCUT2D eigenvalue weighted by molar-refractivity contribution is 0.122. The molecule has 0 aliphatic carbocycles. The number of ether oxygens (including phenoxy) is 1. The van der Waals surface area contributed by atoms with Gasteiger partial charge in [0.05, 0.1) is 24.7 Å². The third-order valence-electron chi connectivity index (χ3n) is 4.92. The van der Waals surface area contributed by atoms with Crippen molar-refractivity contribution in [3.63, 3.8) is 0 Å². The van der Waals surface area contributed by atoms with E-state index < -0.39 is 10.0 Å². The largest absolute Gasteiger partial charge is 0.378 e. The van der Waals surface area contributed by atoms with Gasteiger partial charge in [0.25, 0.3) is 0 Å². The van der Waals surface area contributed by atoms with Crippen molar-refractivity contribution in [3.8, 4) is 0 Å². The molecule has 2 heterocycles. The fraction of sp³-hybridized carbons (Fsp3) is 0.368. The second kappa shape index (κ2) is 7.10. The molecule has 2 aliphatic rings. The molecule has 1 saturated heterocycles. The Morgan fingerprint density at radius 1 is 1.04 bits per heavy atom. The summed E-state index contributed by atoms with van der Waals surface area (Å²) < 4.78 is 32.8. The molecule has 0 saturated carbocycles. The van der Waals surface area contributed by atoms with Gasteiger partial charge in [-0.3, -0.25) is 4.31 Å². The smallest absolute Gasteiger partial charge is 0.239 e. The van der Waals surface area contributed by atoms with E-state index in [1.165, 1.54) is 4.31 Å². The summed E-state index contributed by atoms with van der Waals surface area (Å²) in [7, 11) is -3.47. The first-order chi connectivity index (χ1) is 12.5. The van der Waals surface area contributed by atoms with E-state index in [2.05, 4.69) is 11.0 Å². The van der Waals surface area contributed by atoms with Crippen LogP contribution in [0.4, 0.5) is 11.4 Å². The highest BCUT2D eigenvalue weighted by molar-refractivity contribution is 7.92. The Kier molecular flexibility index (Phi) is 4.82. The molecule has 7 heteroatoms. The quantitative estimate of drug-likeness (QED) is 0.802. The molecule has 0 unspecified atom stereocenters. The van der Waals surface area contributed by atoms with Crippen molar-refractivity contribution in [3.05, 3.63) is 58.6 Å². The monoisotopic (exact) mass is 392 g/mol. The molecule has 0 N–H and O–H groups in total. The Labute approximate surface area is 159 Å². The fourth-order valence-electron chi connectivity index (χ4n) is 3.55. The second-order valence-electron chi connectivity index (χ2n) is 6.58. The van der Waals surface area contributed by atoms with Gasteiger partial charge in [-0.2, -0.15) is 0 Å². The average molecular weight is 393 g/mol. The zero-order valence-corrected chi connectivity index (χ0v) is 16.0. The van der Waals surface area contributed by atoms with Crippen LogP contribution in [0.15, 0.2) is 42.5 Å². The van der Waals surface area contributed by atoms with Crippen LogP contribution in [0.3, 0.4) is 0 Å². The molecule has 26 heavy (non-hydrogen) atoms. The van der Waals surface area contributed by atoms with Crippen molar-refractivity contribution in [2.45, 2.75) is 12.2 Å². The first-order valence-electron chi connectivity index (χ1n) is 8.74. The van der Waals surface area contributed by atoms with Crippen molar-refractivity contribution in [2.24, 2.45) is 0 Å². The maximum Gasteiger partial charge on any atom is 0.239 e. The van der Waals surface area contributed by atoms with E-state index in [1.807, 2.05) is 18.2 Å². The number of morpholine rings is 1. The molecule has 5 nitrogen and oxygen atoms in total. The van der Waals surface area contributed by atoms with Gasteiger partial charge in [0.2, 0.25) is 10.0 Å². The van der Waals surface area contributed by atoms with Gasteiger partial charge in [-0.15, -0.1) is 0 Å². The van der Waals surface area contributed by atoms with Crippen LogP contribution < -0.4 is 9.21 Å². The highest BCUT2D eigenvalue weighted by Gasteiger charge is 2.30. The molecule has 2 aliphatic heterocycles. The maximum absolute atomic E-state index is 12.9. The Hall–Kier alpha value is -1.76. The van der Waals surface area contributed by atoms with Gasteiger partial charge in [0.15, 0.2) is 0 Å². The van der Waals surface area contributed by atoms with Gasteiger partial charge in [0.1, 0.15) is 0 Å². The topological polar surface area (TPSA) is 49.9 Å². The zero-order chi connectivity index (χ0) is 18.1. The lowest BCUT2D eigenvalue weighted by Crippen LogP contribution is -2.36. The van der Waals surface area contributed by atoms with Crippen molar-refractivity contribution < 1.29 is 13.2 Å². The summed E-state index contributed by atoms with van der Waals surface area (Å²) in [6, 6.07) is 13.1. The van der Waals surface area contributed by atoms with Crippen LogP contribution in [-0.4, -0.2) is 41.3 Å². The van der Waals surface area contributed by atoms with Crippen LogP contribution >= 0.6 is 11.6 Å². The number of benzene rings is 2. The van der Waals surface area contributed by atoms with E-state index in [-0.39, 0.29) is 5.75 Å². The molecule has 2 aromatic rings. The maximum atomic E-state index is 12.9. The Bertz CT molecular complexity index is 911. The summed E-state index contributed by atoms with van der Waals surface area (Å²) in [5, 5.41) is 0.484. The predicted molar refractivity (Wildman–Crippen MR) is 105 cm³/mol. The minimum absolute atomic E-state index is 0.0860. The molecule has 1 fully saturated rings. The van der Waals surface area contributed by atoms with E-state index in [9.17, 15) is 8.42 Å². The number of hydrogen-bond donors (Lipinski definition) is 0. The van der Waals surface area contributed by atoms with Crippen molar-refractivity contribution in [1.82, 2.24) is 0 Å². The molecule has 0 radical (unpaired) electrons. The number of rotatable bonds is 4. The van der Waals surface area contributed by atoms with Crippen LogP contribution in [-0.2, 0) is 26.9 Å². The molecular formula is C19H21ClN2O3S. The average Bonchev–Trinajstić information content (AvgIpc) is 3.08. The highest BCUT2D eigenvalue weighted by Crippen LogP contribution is 2.35. The number of sulfonamides is 1. The Morgan fingerprint density at radius 2 is 1.81 bits per heavy atom. The van der Waals surface area contributed by atoms with E-state index in [0.29, 0.717) is 17.1 Å². The lowest BCUT2D eigenvalue weighted by atomic mass is 10.1. The number of anilines is 2. The lowest BCUT2D eigenvalue weighted by Gasteiger charge is -2.29. The summed E-state index contributed by atoms with van der Waals surface area (Å²) >= 11 is 6.15. The molecule has 4 rings (SSSR count). The van der Waals surface area contributed by atoms with Gasteiger partial charge in [0, 0.05) is 30.3 Å². The second-order valence-corrected chi connectivity index (χ2v) is 8.88. The van der Waals surface area contributed by atoms with E-state index >= 15 is 0 Å². The fourth-order valence-corrected chi connectivity index (χ4v) is 5.48. The Balaban J connectivity index is 1.58. The van der Waals surface area contributed by atoms with Gasteiger partial charge in [-0.1, -0.05) is 29.8 Å². The van der Waals surface area contributed by atoms with Crippen molar-refractivity contribution >= 4 is 33.0 Å². The van der Waals surface area contributed by atoms with Gasteiger partial charge >= 0.3 is 0 Å². The number of halogens is 1. The van der Waals surface area contributed by atoms with Crippen LogP contribution in [0.1, 0.15) is 11.1 Å². The third kappa shape index (κ3) is 3.41. The summed E-state index contributed by atoms with van der Waals surface area (Å²) in [6.45, 7) is 3.68. The van der Waals surface area contributed by atoms with E-state index in [0.717, 1.165) is 49.7 Å². The number of nitrogens with zero attached hydrogens (tertiary/aromatic N) is 2. The molecule has 0 bridgehead atoms. The molecule has 2 aromatic carbocycles. The Morgan fingerprint density at radius 3 is 2.58 bits per heavy atom. The van der Waals surface area contributed by atoms with Crippen LogP contribution in [0, 0.1) is 0 Å².